The van der Waals surface area contributed by atoms with Crippen LogP contribution in [0.3, 0.4) is 0 Å². The van der Waals surface area contributed by atoms with Gasteiger partial charge >= 0.3 is 29.6 Å². The predicted molar refractivity (Wildman–Crippen MR) is 200 cm³/mol. The summed E-state index contributed by atoms with van der Waals surface area (Å²) in [6, 6.07) is 20.3. The van der Waals surface area contributed by atoms with Crippen LogP contribution in [0.2, 0.25) is 10.0 Å². The van der Waals surface area contributed by atoms with Gasteiger partial charge in [0.1, 0.15) is 17.3 Å². The molecule has 4 aromatic rings. The van der Waals surface area contributed by atoms with Crippen LogP contribution in [0.15, 0.2) is 72.8 Å². The van der Waals surface area contributed by atoms with Crippen LogP contribution in [0.1, 0.15) is 55.4 Å². The molecular formula is C37H49Cl2F2N4NaO4. The van der Waals surface area contributed by atoms with Crippen molar-refractivity contribution in [2.45, 2.75) is 79.6 Å². The summed E-state index contributed by atoms with van der Waals surface area (Å²) < 4.78 is 30.5. The Hall–Kier alpha value is -3.28. The van der Waals surface area contributed by atoms with Gasteiger partial charge in [0.05, 0.1) is 17.2 Å². The molecule has 50 heavy (non-hydrogen) atoms. The Balaban J connectivity index is 0.000000636. The van der Waals surface area contributed by atoms with E-state index in [4.69, 9.17) is 38.2 Å². The van der Waals surface area contributed by atoms with Crippen LogP contribution in [0.5, 0.6) is 23.0 Å². The molecule has 0 aliphatic heterocycles. The van der Waals surface area contributed by atoms with Crippen LogP contribution >= 0.6 is 23.2 Å². The first-order valence-electron chi connectivity index (χ1n) is 15.7. The molecular weight excluding hydrogens is 696 g/mol. The van der Waals surface area contributed by atoms with Crippen LogP contribution in [0, 0.1) is 11.6 Å². The fourth-order valence-electron chi connectivity index (χ4n) is 3.87. The number of anilines is 4. The largest absolute Gasteiger partial charge is 1.00 e. The molecule has 0 saturated heterocycles. The van der Waals surface area contributed by atoms with Crippen LogP contribution in [0.4, 0.5) is 31.5 Å². The molecule has 0 amide bonds. The number of phenols is 2. The second-order valence-electron chi connectivity index (χ2n) is 12.0. The molecule has 0 spiro atoms. The molecule has 0 unspecified atom stereocenters. The van der Waals surface area contributed by atoms with Gasteiger partial charge < -0.3 is 41.3 Å². The first kappa shape index (κ1) is 46.7. The smallest absolute Gasteiger partial charge is 0.870 e. The molecule has 6 N–H and O–H groups in total. The van der Waals surface area contributed by atoms with Crippen molar-refractivity contribution in [3.8, 4) is 23.0 Å². The number of rotatable bonds is 9. The number of phenolic OH excluding ortho intramolecular Hbond substituents is 2. The molecule has 0 radical (unpaired) electrons. The minimum atomic E-state index is -0.708. The van der Waals surface area contributed by atoms with Crippen molar-refractivity contribution in [2.75, 3.05) is 28.4 Å². The molecule has 0 fully saturated rings. The van der Waals surface area contributed by atoms with Crippen molar-refractivity contribution in [1.82, 2.24) is 0 Å². The molecule has 4 aromatic carbocycles. The van der Waals surface area contributed by atoms with Crippen molar-refractivity contribution in [1.29, 1.82) is 0 Å². The Morgan fingerprint density at radius 2 is 0.920 bits per heavy atom. The molecule has 0 aliphatic rings. The third kappa shape index (κ3) is 19.2. The monoisotopic (exact) mass is 744 g/mol. The summed E-state index contributed by atoms with van der Waals surface area (Å²) in [5.41, 5.74) is 3.26. The topological polar surface area (TPSA) is 121 Å². The van der Waals surface area contributed by atoms with Gasteiger partial charge in [-0.25, -0.2) is 8.78 Å². The maximum Gasteiger partial charge on any atom is 1.00 e. The van der Waals surface area contributed by atoms with Crippen LogP contribution in [-0.4, -0.2) is 41.5 Å². The number of methoxy groups -OCH3 is 1. The van der Waals surface area contributed by atoms with E-state index in [9.17, 15) is 13.9 Å². The van der Waals surface area contributed by atoms with Gasteiger partial charge in [0, 0.05) is 53.0 Å². The first-order valence-corrected chi connectivity index (χ1v) is 16.5. The minimum Gasteiger partial charge on any atom is -0.870 e. The third-order valence-electron chi connectivity index (χ3n) is 5.80. The van der Waals surface area contributed by atoms with E-state index in [1.807, 2.05) is 59.7 Å². The van der Waals surface area contributed by atoms with Gasteiger partial charge in [-0.1, -0.05) is 35.0 Å². The van der Waals surface area contributed by atoms with E-state index in [-0.39, 0.29) is 53.1 Å². The van der Waals surface area contributed by atoms with E-state index in [1.54, 1.807) is 37.4 Å². The average molecular weight is 746 g/mol. The van der Waals surface area contributed by atoms with Gasteiger partial charge in [-0.05, 0) is 116 Å². The Bertz CT molecular complexity index is 1440. The van der Waals surface area contributed by atoms with Gasteiger partial charge in [-0.3, -0.25) is 0 Å². The summed E-state index contributed by atoms with van der Waals surface area (Å²) in [5, 5.41) is 42.1. The quantitative estimate of drug-likeness (QED) is 0.0793. The molecule has 8 nitrogen and oxygen atoms in total. The molecule has 0 saturated carbocycles. The van der Waals surface area contributed by atoms with Gasteiger partial charge in [0.25, 0.3) is 0 Å². The number of hydrogen-bond acceptors (Lipinski definition) is 8. The summed E-state index contributed by atoms with van der Waals surface area (Å²) in [5.74, 6) is -1.36. The van der Waals surface area contributed by atoms with Crippen LogP contribution < -0.4 is 60.7 Å². The van der Waals surface area contributed by atoms with Gasteiger partial charge in [0.2, 0.25) is 0 Å². The van der Waals surface area contributed by atoms with Gasteiger partial charge in [0.15, 0.2) is 11.6 Å². The Labute approximate surface area is 327 Å². The zero-order valence-electron chi connectivity index (χ0n) is 30.5. The first-order chi connectivity index (χ1) is 22.9. The fraction of sp³-hybridized carbons (Fsp3) is 0.351. The number of aromatic hydroxyl groups is 2. The number of ether oxygens (including phenoxy) is 1. The standard InChI is InChI=1S/C10H14ClNO.C9H12ClNO.2C9H12FNO.Na/c1-7(2)12-8-4-5-10(13-3)9(11)6-8;3*1-6(2)11-7-3-4-9(12)8(10)5-7;/h4-7,12H,1-3H3;3*3-6,11-12H,1-2H3;/q;;;;+1/p-1. The van der Waals surface area contributed by atoms with Crippen molar-refractivity contribution in [2.24, 2.45) is 0 Å². The van der Waals surface area contributed by atoms with Crippen molar-refractivity contribution in [3.63, 3.8) is 0 Å². The summed E-state index contributed by atoms with van der Waals surface area (Å²) in [6.07, 6.45) is 0. The van der Waals surface area contributed by atoms with Gasteiger partial charge in [-0.2, -0.15) is 0 Å². The average Bonchev–Trinajstić information content (AvgIpc) is 2.99. The molecule has 4 rings (SSSR count). The third-order valence-corrected chi connectivity index (χ3v) is 6.40. The van der Waals surface area contributed by atoms with E-state index in [2.05, 4.69) is 35.1 Å². The van der Waals surface area contributed by atoms with Crippen molar-refractivity contribution < 1.29 is 58.4 Å². The summed E-state index contributed by atoms with van der Waals surface area (Å²) in [6.45, 7) is 16.1. The molecule has 0 heterocycles. The maximum absolute atomic E-state index is 12.7. The summed E-state index contributed by atoms with van der Waals surface area (Å²) >= 11 is 11.7. The molecule has 0 aliphatic carbocycles. The molecule has 0 bridgehead atoms. The molecule has 0 atom stereocenters. The Kier molecular flexibility index (Phi) is 22.4. The number of benzene rings is 4. The van der Waals surface area contributed by atoms with Crippen LogP contribution in [-0.2, 0) is 0 Å². The zero-order chi connectivity index (χ0) is 37.3. The van der Waals surface area contributed by atoms with Crippen molar-refractivity contribution >= 4 is 46.0 Å². The zero-order valence-corrected chi connectivity index (χ0v) is 34.0. The number of halogens is 4. The molecule has 0 aromatic heterocycles. The van der Waals surface area contributed by atoms with E-state index < -0.39 is 17.4 Å². The van der Waals surface area contributed by atoms with E-state index in [0.717, 1.165) is 11.4 Å². The maximum atomic E-state index is 12.7. The normalized spacial score (nSPS) is 10.1. The van der Waals surface area contributed by atoms with Crippen LogP contribution in [0.25, 0.3) is 0 Å². The Morgan fingerprint density at radius 1 is 0.560 bits per heavy atom. The summed E-state index contributed by atoms with van der Waals surface area (Å²) in [7, 11) is 1.61. The molecule has 13 heteroatoms. The van der Waals surface area contributed by atoms with Gasteiger partial charge in [-0.15, -0.1) is 0 Å². The Morgan fingerprint density at radius 3 is 1.28 bits per heavy atom. The van der Waals surface area contributed by atoms with E-state index in [0.29, 0.717) is 39.3 Å². The summed E-state index contributed by atoms with van der Waals surface area (Å²) in [4.78, 5) is 0. The second-order valence-corrected chi connectivity index (χ2v) is 12.8. The molecule has 270 valence electrons. The second kappa shape index (κ2) is 24.0. The predicted octanol–water partition coefficient (Wildman–Crippen LogP) is 7.11. The minimum absolute atomic E-state index is 0. The number of nitrogens with one attached hydrogen (secondary N) is 4. The van der Waals surface area contributed by atoms with E-state index in [1.165, 1.54) is 24.3 Å². The fourth-order valence-corrected chi connectivity index (χ4v) is 4.31. The number of hydrogen-bond donors (Lipinski definition) is 6. The van der Waals surface area contributed by atoms with Crippen molar-refractivity contribution in [3.05, 3.63) is 94.5 Å². The van der Waals surface area contributed by atoms with E-state index >= 15 is 0 Å². The SMILES string of the molecule is CC(C)Nc1ccc(O)c(Cl)c1.CC(C)Nc1ccc(O)c(F)c1.CC(C)Nc1ccc([O-])c(F)c1.COc1ccc(NC(C)C)cc1Cl.[Na+].